The maximum Gasteiger partial charge on any atom is 0.239 e. The second kappa shape index (κ2) is 7.95. The third-order valence-electron chi connectivity index (χ3n) is 4.83. The molecule has 0 aliphatic carbocycles. The van der Waals surface area contributed by atoms with Crippen molar-refractivity contribution in [2.75, 3.05) is 26.3 Å². The van der Waals surface area contributed by atoms with Crippen LogP contribution in [0.1, 0.15) is 30.7 Å². The van der Waals surface area contributed by atoms with Crippen LogP contribution >= 0.6 is 12.4 Å². The molecule has 122 valence electrons. The molecule has 2 saturated heterocycles. The minimum atomic E-state index is -0.358. The number of rotatable bonds is 3. The zero-order chi connectivity index (χ0) is 14.7. The van der Waals surface area contributed by atoms with E-state index in [9.17, 15) is 4.79 Å². The summed E-state index contributed by atoms with van der Waals surface area (Å²) >= 11 is 0. The van der Waals surface area contributed by atoms with Gasteiger partial charge in [0.1, 0.15) is 0 Å². The summed E-state index contributed by atoms with van der Waals surface area (Å²) in [4.78, 5) is 14.5. The molecule has 1 amide bonds. The highest BCUT2D eigenvalue weighted by Gasteiger charge is 2.34. The van der Waals surface area contributed by atoms with Gasteiger partial charge in [0.15, 0.2) is 0 Å². The summed E-state index contributed by atoms with van der Waals surface area (Å²) in [7, 11) is 0. The number of carbonyl (C=O) groups is 1. The lowest BCUT2D eigenvalue weighted by atomic mass is 9.91. The number of ether oxygens (including phenoxy) is 1. The molecular weight excluding hydrogens is 300 g/mol. The Bertz CT molecular complexity index is 477. The first kappa shape index (κ1) is 17.3. The lowest BCUT2D eigenvalue weighted by molar-refractivity contribution is -0.133. The first-order chi connectivity index (χ1) is 10.3. The minimum absolute atomic E-state index is 0. The van der Waals surface area contributed by atoms with Crippen molar-refractivity contribution in [2.45, 2.75) is 31.2 Å². The fourth-order valence-electron chi connectivity index (χ4n) is 3.45. The molecule has 2 aliphatic rings. The van der Waals surface area contributed by atoms with Crippen molar-refractivity contribution in [1.82, 2.24) is 4.90 Å². The van der Waals surface area contributed by atoms with E-state index in [1.807, 2.05) is 11.0 Å². The van der Waals surface area contributed by atoms with Crippen LogP contribution in [0.25, 0.3) is 0 Å². The molecule has 2 fully saturated rings. The van der Waals surface area contributed by atoms with Gasteiger partial charge in [-0.15, -0.1) is 12.4 Å². The Morgan fingerprint density at radius 2 is 1.86 bits per heavy atom. The lowest BCUT2D eigenvalue weighted by Gasteiger charge is -2.29. The van der Waals surface area contributed by atoms with Gasteiger partial charge in [-0.25, -0.2) is 0 Å². The van der Waals surface area contributed by atoms with E-state index in [1.165, 1.54) is 5.56 Å². The quantitative estimate of drug-likeness (QED) is 0.927. The van der Waals surface area contributed by atoms with E-state index in [2.05, 4.69) is 24.3 Å². The Hall–Kier alpha value is -1.10. The molecule has 5 heteroatoms. The fraction of sp³-hybridized carbons (Fsp3) is 0.588. The van der Waals surface area contributed by atoms with E-state index in [1.54, 1.807) is 0 Å². The zero-order valence-electron chi connectivity index (χ0n) is 12.8. The Kier molecular flexibility index (Phi) is 6.24. The van der Waals surface area contributed by atoms with E-state index in [0.717, 1.165) is 45.6 Å². The molecule has 0 aromatic heterocycles. The van der Waals surface area contributed by atoms with Crippen molar-refractivity contribution >= 4 is 18.3 Å². The van der Waals surface area contributed by atoms with Crippen LogP contribution in [0.15, 0.2) is 30.3 Å². The zero-order valence-corrected chi connectivity index (χ0v) is 13.6. The van der Waals surface area contributed by atoms with Crippen molar-refractivity contribution in [3.63, 3.8) is 0 Å². The van der Waals surface area contributed by atoms with Crippen LogP contribution < -0.4 is 5.73 Å². The van der Waals surface area contributed by atoms with Gasteiger partial charge in [0.25, 0.3) is 0 Å². The molecule has 22 heavy (non-hydrogen) atoms. The Balaban J connectivity index is 0.00000176. The molecule has 0 spiro atoms. The molecule has 2 heterocycles. The van der Waals surface area contributed by atoms with Gasteiger partial charge in [-0.1, -0.05) is 30.3 Å². The molecule has 2 aliphatic heterocycles. The molecule has 0 bridgehead atoms. The van der Waals surface area contributed by atoms with E-state index in [-0.39, 0.29) is 30.3 Å². The van der Waals surface area contributed by atoms with Crippen LogP contribution in [-0.4, -0.2) is 43.2 Å². The number of benzene rings is 1. The Morgan fingerprint density at radius 3 is 2.55 bits per heavy atom. The van der Waals surface area contributed by atoms with Crippen LogP contribution in [0, 0.1) is 5.92 Å². The first-order valence-electron chi connectivity index (χ1n) is 7.93. The number of hydrogen-bond acceptors (Lipinski definition) is 3. The minimum Gasteiger partial charge on any atom is -0.381 e. The van der Waals surface area contributed by atoms with Gasteiger partial charge >= 0.3 is 0 Å². The van der Waals surface area contributed by atoms with Crippen LogP contribution in [0.3, 0.4) is 0 Å². The van der Waals surface area contributed by atoms with Crippen LogP contribution in [0.4, 0.5) is 0 Å². The number of carbonyl (C=O) groups excluding carboxylic acids is 1. The predicted molar refractivity (Wildman–Crippen MR) is 89.1 cm³/mol. The Labute approximate surface area is 138 Å². The normalized spacial score (nSPS) is 23.9. The fourth-order valence-corrected chi connectivity index (χ4v) is 3.45. The third-order valence-corrected chi connectivity index (χ3v) is 4.83. The van der Waals surface area contributed by atoms with E-state index >= 15 is 0 Å². The average Bonchev–Trinajstić information content (AvgIpc) is 3.05. The van der Waals surface area contributed by atoms with Crippen LogP contribution in [-0.2, 0) is 9.53 Å². The lowest BCUT2D eigenvalue weighted by Crippen LogP contribution is -2.48. The number of nitrogens with two attached hydrogens (primary N) is 1. The molecule has 0 saturated carbocycles. The standard InChI is InChI=1S/C17H24N2O2.ClH/c18-16(14-7-10-21-11-8-14)17(20)19-9-6-15(12-19)13-4-2-1-3-5-13;/h1-5,14-16H,6-12,18H2;1H. The van der Waals surface area contributed by atoms with Crippen molar-refractivity contribution in [1.29, 1.82) is 0 Å². The molecule has 4 nitrogen and oxygen atoms in total. The average molecular weight is 325 g/mol. The highest BCUT2D eigenvalue weighted by atomic mass is 35.5. The van der Waals surface area contributed by atoms with Gasteiger partial charge in [0.05, 0.1) is 6.04 Å². The topological polar surface area (TPSA) is 55.6 Å². The summed E-state index contributed by atoms with van der Waals surface area (Å²) in [6.45, 7) is 3.10. The summed E-state index contributed by atoms with van der Waals surface area (Å²) in [6.07, 6.45) is 2.85. The maximum absolute atomic E-state index is 12.6. The second-order valence-electron chi connectivity index (χ2n) is 6.16. The van der Waals surface area contributed by atoms with Gasteiger partial charge in [0, 0.05) is 32.2 Å². The smallest absolute Gasteiger partial charge is 0.239 e. The summed E-state index contributed by atoms with van der Waals surface area (Å²) in [5.74, 6) is 0.861. The molecule has 1 aromatic rings. The second-order valence-corrected chi connectivity index (χ2v) is 6.16. The summed E-state index contributed by atoms with van der Waals surface area (Å²) in [5.41, 5.74) is 7.54. The van der Waals surface area contributed by atoms with Crippen molar-refractivity contribution in [2.24, 2.45) is 11.7 Å². The first-order valence-corrected chi connectivity index (χ1v) is 7.93. The number of hydrogen-bond donors (Lipinski definition) is 1. The molecule has 2 atom stereocenters. The summed E-state index contributed by atoms with van der Waals surface area (Å²) in [5, 5.41) is 0. The summed E-state index contributed by atoms with van der Waals surface area (Å²) < 4.78 is 5.35. The number of nitrogens with zero attached hydrogens (tertiary/aromatic N) is 1. The van der Waals surface area contributed by atoms with Gasteiger partial charge in [-0.2, -0.15) is 0 Å². The molecule has 0 radical (unpaired) electrons. The van der Waals surface area contributed by atoms with Crippen molar-refractivity contribution < 1.29 is 9.53 Å². The van der Waals surface area contributed by atoms with Gasteiger partial charge in [-0.05, 0) is 30.7 Å². The SMILES string of the molecule is Cl.NC(C(=O)N1CCC(c2ccccc2)C1)C1CCOCC1. The molecular formula is C17H25ClN2O2. The van der Waals surface area contributed by atoms with Crippen LogP contribution in [0.5, 0.6) is 0 Å². The van der Waals surface area contributed by atoms with Gasteiger partial charge in [0.2, 0.25) is 5.91 Å². The predicted octanol–water partition coefficient (Wildman–Crippen LogP) is 2.18. The van der Waals surface area contributed by atoms with Gasteiger partial charge in [-0.3, -0.25) is 4.79 Å². The van der Waals surface area contributed by atoms with E-state index in [4.69, 9.17) is 10.5 Å². The summed E-state index contributed by atoms with van der Waals surface area (Å²) in [6, 6.07) is 10.1. The Morgan fingerprint density at radius 1 is 1.18 bits per heavy atom. The van der Waals surface area contributed by atoms with Crippen molar-refractivity contribution in [3.05, 3.63) is 35.9 Å². The molecule has 3 rings (SSSR count). The number of likely N-dealkylation sites (tertiary alicyclic amines) is 1. The van der Waals surface area contributed by atoms with Crippen LogP contribution in [0.2, 0.25) is 0 Å². The molecule has 1 aromatic carbocycles. The van der Waals surface area contributed by atoms with E-state index in [0.29, 0.717) is 5.92 Å². The van der Waals surface area contributed by atoms with Gasteiger partial charge < -0.3 is 15.4 Å². The number of amides is 1. The largest absolute Gasteiger partial charge is 0.381 e. The highest BCUT2D eigenvalue weighted by molar-refractivity contribution is 5.85. The number of halogens is 1. The monoisotopic (exact) mass is 324 g/mol. The maximum atomic E-state index is 12.6. The van der Waals surface area contributed by atoms with Crippen molar-refractivity contribution in [3.8, 4) is 0 Å². The third kappa shape index (κ3) is 3.80. The highest BCUT2D eigenvalue weighted by Crippen LogP contribution is 2.28. The molecule has 2 N–H and O–H groups in total. The molecule has 2 unspecified atom stereocenters. The van der Waals surface area contributed by atoms with E-state index < -0.39 is 0 Å².